The molecule has 2 heterocycles. The Morgan fingerprint density at radius 3 is 2.57 bits per heavy atom. The predicted molar refractivity (Wildman–Crippen MR) is 143 cm³/mol. The van der Waals surface area contributed by atoms with Crippen LogP contribution in [0.2, 0.25) is 5.02 Å². The summed E-state index contributed by atoms with van der Waals surface area (Å²) in [5, 5.41) is 3.60. The number of nitrogens with zero attached hydrogens (tertiary/aromatic N) is 2. The normalized spacial score (nSPS) is 26.5. The summed E-state index contributed by atoms with van der Waals surface area (Å²) in [5.41, 5.74) is 2.78. The third-order valence-electron chi connectivity index (χ3n) is 7.91. The van der Waals surface area contributed by atoms with Gasteiger partial charge >= 0.3 is 0 Å². The molecule has 3 N–H and O–H groups in total. The zero-order valence-electron chi connectivity index (χ0n) is 21.0. The average Bonchev–Trinajstić information content (AvgIpc) is 3.31. The molecule has 2 saturated heterocycles. The van der Waals surface area contributed by atoms with Crippen LogP contribution in [0.3, 0.4) is 0 Å². The second-order valence-electron chi connectivity index (χ2n) is 10.8. The topological polar surface area (TPSA) is 93.1 Å². The summed E-state index contributed by atoms with van der Waals surface area (Å²) in [5.74, 6) is 1.19. The molecule has 3 aliphatic rings. The van der Waals surface area contributed by atoms with Gasteiger partial charge < -0.3 is 10.2 Å². The number of halogens is 1. The van der Waals surface area contributed by atoms with Gasteiger partial charge in [0.1, 0.15) is 0 Å². The van der Waals surface area contributed by atoms with Crippen molar-refractivity contribution in [2.45, 2.75) is 71.4 Å². The van der Waals surface area contributed by atoms with E-state index in [1.807, 2.05) is 13.0 Å². The number of amides is 2. The van der Waals surface area contributed by atoms with Crippen molar-refractivity contribution in [2.75, 3.05) is 36.5 Å². The first kappa shape index (κ1) is 26.7. The first-order chi connectivity index (χ1) is 16.6. The van der Waals surface area contributed by atoms with E-state index in [2.05, 4.69) is 22.0 Å². The highest BCUT2D eigenvalue weighted by Gasteiger charge is 2.33. The van der Waals surface area contributed by atoms with Gasteiger partial charge in [-0.25, -0.2) is 0 Å². The van der Waals surface area contributed by atoms with Crippen molar-refractivity contribution in [3.63, 3.8) is 0 Å². The van der Waals surface area contributed by atoms with E-state index in [-0.39, 0.29) is 30.2 Å². The molecule has 2 amide bonds. The van der Waals surface area contributed by atoms with Crippen LogP contribution in [0.5, 0.6) is 0 Å². The van der Waals surface area contributed by atoms with Crippen molar-refractivity contribution < 1.29 is 18.7 Å². The SMILES string of the molecule is Cc1c(CN2CCN(C(=O)C3CCCC3)C(C)C2)cc(Cl)cc1NC(=O)CC1CCCS(O)(O)C1. The molecular weight excluding hydrogens is 486 g/mol. The van der Waals surface area contributed by atoms with Crippen LogP contribution in [0.25, 0.3) is 0 Å². The Morgan fingerprint density at radius 1 is 1.14 bits per heavy atom. The predicted octanol–water partition coefficient (Wildman–Crippen LogP) is 5.36. The molecule has 2 atom stereocenters. The van der Waals surface area contributed by atoms with Crippen LogP contribution in [0.15, 0.2) is 12.1 Å². The van der Waals surface area contributed by atoms with Crippen molar-refractivity contribution >= 4 is 39.7 Å². The fourth-order valence-corrected chi connectivity index (χ4v) is 8.03. The fraction of sp³-hybridized carbons (Fsp3) is 0.692. The maximum atomic E-state index is 12.9. The van der Waals surface area contributed by atoms with Crippen molar-refractivity contribution in [2.24, 2.45) is 11.8 Å². The van der Waals surface area contributed by atoms with Crippen LogP contribution >= 0.6 is 22.2 Å². The quantitative estimate of drug-likeness (QED) is 0.465. The number of hydrogen-bond donors (Lipinski definition) is 3. The van der Waals surface area contributed by atoms with E-state index in [0.717, 1.165) is 56.4 Å². The second kappa shape index (κ2) is 11.4. The molecule has 1 aromatic rings. The number of piperazine rings is 1. The Bertz CT molecular complexity index is 937. The van der Waals surface area contributed by atoms with Gasteiger partial charge in [-0.15, -0.1) is 0 Å². The summed E-state index contributed by atoms with van der Waals surface area (Å²) in [6.07, 6.45) is 6.28. The lowest BCUT2D eigenvalue weighted by Gasteiger charge is -2.41. The lowest BCUT2D eigenvalue weighted by Crippen LogP contribution is -2.54. The second-order valence-corrected chi connectivity index (χ2v) is 13.6. The first-order valence-corrected chi connectivity index (χ1v) is 15.2. The molecular formula is C26H40ClN3O4S. The van der Waals surface area contributed by atoms with Crippen molar-refractivity contribution in [1.82, 2.24) is 9.80 Å². The van der Waals surface area contributed by atoms with Gasteiger partial charge in [0.15, 0.2) is 0 Å². The van der Waals surface area contributed by atoms with Gasteiger partial charge in [-0.2, -0.15) is 10.6 Å². The van der Waals surface area contributed by atoms with Gasteiger partial charge in [0, 0.05) is 66.8 Å². The minimum absolute atomic E-state index is 0.00237. The number of hydrogen-bond acceptors (Lipinski definition) is 5. The molecule has 7 nitrogen and oxygen atoms in total. The molecule has 35 heavy (non-hydrogen) atoms. The minimum Gasteiger partial charge on any atom is -0.337 e. The molecule has 2 aliphatic heterocycles. The monoisotopic (exact) mass is 525 g/mol. The van der Waals surface area contributed by atoms with E-state index in [1.54, 1.807) is 6.07 Å². The summed E-state index contributed by atoms with van der Waals surface area (Å²) < 4.78 is 20.0. The zero-order chi connectivity index (χ0) is 25.2. The summed E-state index contributed by atoms with van der Waals surface area (Å²) in [7, 11) is -2.54. The lowest BCUT2D eigenvalue weighted by atomic mass is 10.0. The van der Waals surface area contributed by atoms with Gasteiger partial charge in [-0.1, -0.05) is 24.4 Å². The maximum Gasteiger partial charge on any atom is 0.226 e. The van der Waals surface area contributed by atoms with Gasteiger partial charge in [0.2, 0.25) is 11.8 Å². The van der Waals surface area contributed by atoms with Crippen molar-refractivity contribution in [1.29, 1.82) is 0 Å². The smallest absolute Gasteiger partial charge is 0.226 e. The van der Waals surface area contributed by atoms with E-state index in [4.69, 9.17) is 11.6 Å². The maximum absolute atomic E-state index is 12.9. The third-order valence-corrected chi connectivity index (χ3v) is 10.1. The number of nitrogens with one attached hydrogen (secondary N) is 1. The van der Waals surface area contributed by atoms with Gasteiger partial charge in [-0.3, -0.25) is 23.6 Å². The Balaban J connectivity index is 1.35. The third kappa shape index (κ3) is 6.92. The highest BCUT2D eigenvalue weighted by molar-refractivity contribution is 8.24. The molecule has 1 aromatic carbocycles. The van der Waals surface area contributed by atoms with Crippen LogP contribution in [-0.2, 0) is 16.1 Å². The minimum atomic E-state index is -2.54. The number of benzene rings is 1. The van der Waals surface area contributed by atoms with Crippen LogP contribution in [0.4, 0.5) is 5.69 Å². The molecule has 0 spiro atoms. The van der Waals surface area contributed by atoms with Crippen LogP contribution < -0.4 is 5.32 Å². The Hall–Kier alpha value is -1.32. The van der Waals surface area contributed by atoms with Crippen LogP contribution in [-0.4, -0.2) is 67.9 Å². The fourth-order valence-electron chi connectivity index (χ4n) is 5.95. The van der Waals surface area contributed by atoms with Gasteiger partial charge in [0.25, 0.3) is 0 Å². The van der Waals surface area contributed by atoms with E-state index in [1.165, 1.54) is 12.8 Å². The summed E-state index contributed by atoms with van der Waals surface area (Å²) >= 11 is 6.43. The summed E-state index contributed by atoms with van der Waals surface area (Å²) in [4.78, 5) is 30.1. The molecule has 3 fully saturated rings. The van der Waals surface area contributed by atoms with E-state index < -0.39 is 10.6 Å². The highest BCUT2D eigenvalue weighted by Crippen LogP contribution is 2.47. The van der Waals surface area contributed by atoms with Crippen LogP contribution in [0.1, 0.15) is 63.0 Å². The highest BCUT2D eigenvalue weighted by atomic mass is 35.5. The molecule has 9 heteroatoms. The Morgan fingerprint density at radius 2 is 1.89 bits per heavy atom. The van der Waals surface area contributed by atoms with Crippen LogP contribution in [0, 0.1) is 18.8 Å². The number of rotatable bonds is 6. The number of anilines is 1. The lowest BCUT2D eigenvalue weighted by molar-refractivity contribution is -0.140. The molecule has 0 radical (unpaired) electrons. The average molecular weight is 526 g/mol. The molecule has 4 rings (SSSR count). The largest absolute Gasteiger partial charge is 0.337 e. The molecule has 196 valence electrons. The van der Waals surface area contributed by atoms with E-state index in [0.29, 0.717) is 34.7 Å². The standard InChI is InChI=1S/C26H40ClN3O4S/c1-18-15-29(9-10-30(18)26(32)21-7-3-4-8-21)16-22-13-23(27)14-24(19(22)2)28-25(31)12-20-6-5-11-35(33,34)17-20/h13-14,18,20-21,33-34H,3-12,15-17H2,1-2H3,(H,28,31). The first-order valence-electron chi connectivity index (χ1n) is 13.0. The molecule has 0 bridgehead atoms. The van der Waals surface area contributed by atoms with Gasteiger partial charge in [-0.05, 0) is 68.7 Å². The van der Waals surface area contributed by atoms with Gasteiger partial charge in [0.05, 0.1) is 0 Å². The summed E-state index contributed by atoms with van der Waals surface area (Å²) in [6, 6.07) is 3.93. The van der Waals surface area contributed by atoms with E-state index >= 15 is 0 Å². The molecule has 1 saturated carbocycles. The number of carbonyl (C=O) groups excluding carboxylic acids is 2. The Kier molecular flexibility index (Phi) is 8.69. The number of carbonyl (C=O) groups is 2. The molecule has 1 aliphatic carbocycles. The molecule has 2 unspecified atom stereocenters. The molecule has 0 aromatic heterocycles. The van der Waals surface area contributed by atoms with E-state index in [9.17, 15) is 18.7 Å². The van der Waals surface area contributed by atoms with Crippen molar-refractivity contribution in [3.8, 4) is 0 Å². The zero-order valence-corrected chi connectivity index (χ0v) is 22.5. The summed E-state index contributed by atoms with van der Waals surface area (Å²) in [6.45, 7) is 7.25. The Labute approximate surface area is 215 Å². The van der Waals surface area contributed by atoms with Crippen molar-refractivity contribution in [3.05, 3.63) is 28.3 Å².